The van der Waals surface area contributed by atoms with Crippen molar-refractivity contribution in [3.63, 3.8) is 0 Å². The standard InChI is InChI=1S/C14H12F2N2O3/c1-8(17)14-10(15)3-2-4-13(14)21-9-5-6-12(18(19)20)11(16)7-9/h2-8H,17H2,1H3/t8-/m1/s1. The molecule has 0 aliphatic carbocycles. The Morgan fingerprint density at radius 2 is 1.95 bits per heavy atom. The van der Waals surface area contributed by atoms with Gasteiger partial charge in [0, 0.05) is 23.7 Å². The van der Waals surface area contributed by atoms with Gasteiger partial charge in [-0.05, 0) is 25.1 Å². The molecule has 7 heteroatoms. The molecule has 0 bridgehead atoms. The summed E-state index contributed by atoms with van der Waals surface area (Å²) in [6.45, 7) is 1.59. The van der Waals surface area contributed by atoms with E-state index in [2.05, 4.69) is 0 Å². The molecule has 0 heterocycles. The molecule has 1 atom stereocenters. The maximum Gasteiger partial charge on any atom is 0.305 e. The van der Waals surface area contributed by atoms with Gasteiger partial charge >= 0.3 is 5.69 Å². The highest BCUT2D eigenvalue weighted by Crippen LogP contribution is 2.32. The van der Waals surface area contributed by atoms with E-state index in [4.69, 9.17) is 10.5 Å². The van der Waals surface area contributed by atoms with Gasteiger partial charge in [0.15, 0.2) is 0 Å². The van der Waals surface area contributed by atoms with Gasteiger partial charge in [-0.15, -0.1) is 0 Å². The van der Waals surface area contributed by atoms with E-state index < -0.39 is 28.3 Å². The lowest BCUT2D eigenvalue weighted by molar-refractivity contribution is -0.387. The number of nitro benzene ring substituents is 1. The van der Waals surface area contributed by atoms with Crippen molar-refractivity contribution in [2.45, 2.75) is 13.0 Å². The van der Waals surface area contributed by atoms with Gasteiger partial charge in [0.2, 0.25) is 5.82 Å². The molecule has 0 aliphatic heterocycles. The summed E-state index contributed by atoms with van der Waals surface area (Å²) >= 11 is 0. The number of halogens is 2. The van der Waals surface area contributed by atoms with Crippen molar-refractivity contribution < 1.29 is 18.4 Å². The summed E-state index contributed by atoms with van der Waals surface area (Å²) in [5, 5.41) is 10.5. The summed E-state index contributed by atoms with van der Waals surface area (Å²) in [5.74, 6) is -1.41. The summed E-state index contributed by atoms with van der Waals surface area (Å²) < 4.78 is 32.6. The zero-order valence-corrected chi connectivity index (χ0v) is 11.0. The van der Waals surface area contributed by atoms with Crippen LogP contribution in [0.1, 0.15) is 18.5 Å². The first-order chi connectivity index (χ1) is 9.90. The molecule has 2 rings (SSSR count). The monoisotopic (exact) mass is 294 g/mol. The molecule has 0 unspecified atom stereocenters. The third-order valence-corrected chi connectivity index (χ3v) is 2.81. The average Bonchev–Trinajstić information content (AvgIpc) is 2.37. The van der Waals surface area contributed by atoms with Crippen molar-refractivity contribution >= 4 is 5.69 Å². The van der Waals surface area contributed by atoms with Crippen LogP contribution in [-0.2, 0) is 0 Å². The van der Waals surface area contributed by atoms with Crippen LogP contribution in [0.2, 0.25) is 0 Å². The van der Waals surface area contributed by atoms with Gasteiger partial charge in [0.1, 0.15) is 17.3 Å². The molecule has 0 saturated heterocycles. The molecule has 0 fully saturated rings. The highest BCUT2D eigenvalue weighted by atomic mass is 19.1. The second-order valence-corrected chi connectivity index (χ2v) is 4.41. The summed E-state index contributed by atoms with van der Waals surface area (Å²) in [6.07, 6.45) is 0. The number of nitro groups is 1. The van der Waals surface area contributed by atoms with E-state index in [-0.39, 0.29) is 17.1 Å². The van der Waals surface area contributed by atoms with E-state index in [1.165, 1.54) is 24.3 Å². The summed E-state index contributed by atoms with van der Waals surface area (Å²) in [6, 6.07) is 6.62. The Morgan fingerprint density at radius 1 is 1.24 bits per heavy atom. The zero-order valence-electron chi connectivity index (χ0n) is 11.0. The lowest BCUT2D eigenvalue weighted by atomic mass is 10.1. The van der Waals surface area contributed by atoms with Crippen molar-refractivity contribution in [1.29, 1.82) is 0 Å². The second-order valence-electron chi connectivity index (χ2n) is 4.41. The van der Waals surface area contributed by atoms with Gasteiger partial charge in [-0.2, -0.15) is 4.39 Å². The number of ether oxygens (including phenoxy) is 1. The topological polar surface area (TPSA) is 78.4 Å². The fourth-order valence-corrected chi connectivity index (χ4v) is 1.87. The van der Waals surface area contributed by atoms with Gasteiger partial charge in [-0.25, -0.2) is 4.39 Å². The van der Waals surface area contributed by atoms with E-state index in [1.807, 2.05) is 0 Å². The van der Waals surface area contributed by atoms with Crippen LogP contribution in [0.25, 0.3) is 0 Å². The van der Waals surface area contributed by atoms with Gasteiger partial charge in [0.05, 0.1) is 4.92 Å². The minimum absolute atomic E-state index is 0.0191. The Bertz CT molecular complexity index is 690. The van der Waals surface area contributed by atoms with E-state index in [0.29, 0.717) is 0 Å². The van der Waals surface area contributed by atoms with Gasteiger partial charge in [0.25, 0.3) is 0 Å². The molecule has 0 saturated carbocycles. The molecule has 0 radical (unpaired) electrons. The van der Waals surface area contributed by atoms with Crippen LogP contribution < -0.4 is 10.5 Å². The predicted molar refractivity (Wildman–Crippen MR) is 72.1 cm³/mol. The highest BCUT2D eigenvalue weighted by molar-refractivity contribution is 5.43. The van der Waals surface area contributed by atoms with E-state index in [0.717, 1.165) is 12.1 Å². The molecule has 0 spiro atoms. The molecule has 0 aliphatic rings. The Labute approximate surface area is 119 Å². The Kier molecular flexibility index (Phi) is 4.13. The first-order valence-electron chi connectivity index (χ1n) is 6.06. The molecule has 2 aromatic carbocycles. The number of hydrogen-bond donors (Lipinski definition) is 1. The number of hydrogen-bond acceptors (Lipinski definition) is 4. The molecule has 110 valence electrons. The quantitative estimate of drug-likeness (QED) is 0.689. The van der Waals surface area contributed by atoms with Crippen molar-refractivity contribution in [3.8, 4) is 11.5 Å². The minimum atomic E-state index is -1.03. The Hall–Kier alpha value is -2.54. The van der Waals surface area contributed by atoms with Crippen LogP contribution in [0.15, 0.2) is 36.4 Å². The lowest BCUT2D eigenvalue weighted by Gasteiger charge is -2.14. The normalized spacial score (nSPS) is 12.0. The van der Waals surface area contributed by atoms with Crippen LogP contribution in [0.3, 0.4) is 0 Å². The molecule has 5 nitrogen and oxygen atoms in total. The van der Waals surface area contributed by atoms with Crippen molar-refractivity contribution in [2.75, 3.05) is 0 Å². The van der Waals surface area contributed by atoms with Crippen molar-refractivity contribution in [1.82, 2.24) is 0 Å². The average molecular weight is 294 g/mol. The summed E-state index contributed by atoms with van der Waals surface area (Å²) in [5.41, 5.74) is 5.17. The maximum absolute atomic E-state index is 13.7. The lowest BCUT2D eigenvalue weighted by Crippen LogP contribution is -2.09. The van der Waals surface area contributed by atoms with E-state index in [9.17, 15) is 18.9 Å². The van der Waals surface area contributed by atoms with Crippen LogP contribution >= 0.6 is 0 Å². The number of benzene rings is 2. The molecule has 0 amide bonds. The molecule has 2 N–H and O–H groups in total. The smallest absolute Gasteiger partial charge is 0.305 e. The second kappa shape index (κ2) is 5.84. The van der Waals surface area contributed by atoms with Crippen molar-refractivity contribution in [2.24, 2.45) is 5.73 Å². The third kappa shape index (κ3) is 3.14. The Balaban J connectivity index is 2.37. The van der Waals surface area contributed by atoms with Crippen molar-refractivity contribution in [3.05, 3.63) is 63.7 Å². The highest BCUT2D eigenvalue weighted by Gasteiger charge is 2.17. The van der Waals surface area contributed by atoms with Gasteiger partial charge in [-0.1, -0.05) is 6.07 Å². The molecule has 21 heavy (non-hydrogen) atoms. The van der Waals surface area contributed by atoms with Gasteiger partial charge in [-0.3, -0.25) is 10.1 Å². The summed E-state index contributed by atoms with van der Waals surface area (Å²) in [4.78, 5) is 9.70. The van der Waals surface area contributed by atoms with E-state index >= 15 is 0 Å². The fourth-order valence-electron chi connectivity index (χ4n) is 1.87. The van der Waals surface area contributed by atoms with Crippen LogP contribution in [0.4, 0.5) is 14.5 Å². The molecular formula is C14H12F2N2O3. The maximum atomic E-state index is 13.7. The fraction of sp³-hybridized carbons (Fsp3) is 0.143. The first kappa shape index (κ1) is 14.9. The van der Waals surface area contributed by atoms with Crippen LogP contribution in [0, 0.1) is 21.7 Å². The minimum Gasteiger partial charge on any atom is -0.457 e. The van der Waals surface area contributed by atoms with E-state index in [1.54, 1.807) is 6.92 Å². The van der Waals surface area contributed by atoms with Gasteiger partial charge < -0.3 is 10.5 Å². The molecule has 2 aromatic rings. The zero-order chi connectivity index (χ0) is 15.6. The predicted octanol–water partition coefficient (Wildman–Crippen LogP) is 3.69. The largest absolute Gasteiger partial charge is 0.457 e. The first-order valence-corrected chi connectivity index (χ1v) is 6.06. The number of rotatable bonds is 4. The summed E-state index contributed by atoms with van der Waals surface area (Å²) in [7, 11) is 0. The number of nitrogens with zero attached hydrogens (tertiary/aromatic N) is 1. The SMILES string of the molecule is C[C@@H](N)c1c(F)cccc1Oc1ccc([N+](=O)[O-])c(F)c1. The van der Waals surface area contributed by atoms with Crippen LogP contribution in [0.5, 0.6) is 11.5 Å². The molecular weight excluding hydrogens is 282 g/mol. The number of nitrogens with two attached hydrogens (primary N) is 1. The van der Waals surface area contributed by atoms with Crippen LogP contribution in [-0.4, -0.2) is 4.92 Å². The molecule has 0 aromatic heterocycles. The Morgan fingerprint density at radius 3 is 2.52 bits per heavy atom. The third-order valence-electron chi connectivity index (χ3n) is 2.81.